The molecule has 0 aliphatic carbocycles. The third-order valence-corrected chi connectivity index (χ3v) is 4.66. The molecule has 0 saturated heterocycles. The zero-order chi connectivity index (χ0) is 15.4. The van der Waals surface area contributed by atoms with E-state index < -0.39 is 0 Å². The maximum atomic E-state index is 9.45. The van der Waals surface area contributed by atoms with Gasteiger partial charge in [-0.15, -0.1) is 11.3 Å². The number of nitrogens with zero attached hydrogens (tertiary/aromatic N) is 2. The summed E-state index contributed by atoms with van der Waals surface area (Å²) in [6.07, 6.45) is 1.01. The summed E-state index contributed by atoms with van der Waals surface area (Å²) in [6.45, 7) is 6.52. The van der Waals surface area contributed by atoms with Gasteiger partial charge in [0, 0.05) is 30.1 Å². The van der Waals surface area contributed by atoms with E-state index in [1.807, 2.05) is 12.1 Å². The molecule has 0 aromatic carbocycles. The summed E-state index contributed by atoms with van der Waals surface area (Å²) >= 11 is 1.79. The lowest BCUT2D eigenvalue weighted by Crippen LogP contribution is -2.31. The lowest BCUT2D eigenvalue weighted by atomic mass is 10.1. The first-order valence-corrected chi connectivity index (χ1v) is 8.26. The zero-order valence-electron chi connectivity index (χ0n) is 13.2. The number of rotatable bonds is 6. The van der Waals surface area contributed by atoms with Gasteiger partial charge in [-0.05, 0) is 42.0 Å². The molecule has 0 fully saturated rings. The van der Waals surface area contributed by atoms with E-state index in [0.717, 1.165) is 23.5 Å². The summed E-state index contributed by atoms with van der Waals surface area (Å²) in [5, 5.41) is 11.6. The average molecular weight is 304 g/mol. The van der Waals surface area contributed by atoms with Crippen LogP contribution in [0.25, 0.3) is 0 Å². The molecule has 2 heterocycles. The average Bonchev–Trinajstić information content (AvgIpc) is 2.98. The quantitative estimate of drug-likeness (QED) is 0.881. The number of aliphatic hydroxyl groups excluding tert-OH is 1. The van der Waals surface area contributed by atoms with E-state index in [1.165, 1.54) is 4.88 Å². The topological polar surface area (TPSA) is 36.4 Å². The number of hydrogen-bond acceptors (Lipinski definition) is 4. The molecule has 0 amide bonds. The largest absolute Gasteiger partial charge is 0.392 e. The van der Waals surface area contributed by atoms with Crippen molar-refractivity contribution in [1.29, 1.82) is 0 Å². The highest BCUT2D eigenvalue weighted by Gasteiger charge is 2.15. The fourth-order valence-corrected chi connectivity index (χ4v) is 3.07. The van der Waals surface area contributed by atoms with Gasteiger partial charge in [0.2, 0.25) is 0 Å². The fraction of sp³-hybridized carbons (Fsp3) is 0.471. The van der Waals surface area contributed by atoms with Gasteiger partial charge in [-0.2, -0.15) is 0 Å². The maximum absolute atomic E-state index is 9.45. The Morgan fingerprint density at radius 2 is 2.05 bits per heavy atom. The van der Waals surface area contributed by atoms with E-state index in [-0.39, 0.29) is 6.61 Å². The van der Waals surface area contributed by atoms with Crippen LogP contribution in [0.2, 0.25) is 0 Å². The highest BCUT2D eigenvalue weighted by atomic mass is 32.1. The van der Waals surface area contributed by atoms with Crippen LogP contribution in [0, 0.1) is 0 Å². The molecule has 0 aliphatic rings. The minimum absolute atomic E-state index is 0.0579. The van der Waals surface area contributed by atoms with Gasteiger partial charge < -0.3 is 10.0 Å². The van der Waals surface area contributed by atoms with Crippen molar-refractivity contribution in [2.45, 2.75) is 45.8 Å². The summed E-state index contributed by atoms with van der Waals surface area (Å²) in [6, 6.07) is 8.61. The predicted octanol–water partition coefficient (Wildman–Crippen LogP) is 3.83. The van der Waals surface area contributed by atoms with Gasteiger partial charge in [0.25, 0.3) is 0 Å². The highest BCUT2D eigenvalue weighted by Crippen LogP contribution is 2.22. The predicted molar refractivity (Wildman–Crippen MR) is 90.1 cm³/mol. The first-order valence-electron chi connectivity index (χ1n) is 7.38. The SMILES string of the molecule is CC(C)c1cc(CO)cc(N(C)C(C)Cc2cccs2)n1. The number of anilines is 1. The first-order chi connectivity index (χ1) is 10.0. The monoisotopic (exact) mass is 304 g/mol. The second kappa shape index (κ2) is 7.05. The van der Waals surface area contributed by atoms with Gasteiger partial charge in [0.05, 0.1) is 6.61 Å². The fourth-order valence-electron chi connectivity index (χ4n) is 2.24. The number of aromatic nitrogens is 1. The molecule has 2 rings (SSSR count). The molecule has 3 nitrogen and oxygen atoms in total. The first kappa shape index (κ1) is 16.0. The van der Waals surface area contributed by atoms with Crippen molar-refractivity contribution in [3.05, 3.63) is 45.8 Å². The van der Waals surface area contributed by atoms with Crippen molar-refractivity contribution in [2.75, 3.05) is 11.9 Å². The Balaban J connectivity index is 2.20. The Morgan fingerprint density at radius 3 is 2.62 bits per heavy atom. The van der Waals surface area contributed by atoms with Crippen LogP contribution in [0.1, 0.15) is 42.8 Å². The smallest absolute Gasteiger partial charge is 0.129 e. The van der Waals surface area contributed by atoms with Crippen LogP contribution in [0.5, 0.6) is 0 Å². The van der Waals surface area contributed by atoms with Gasteiger partial charge in [-0.25, -0.2) is 4.98 Å². The van der Waals surface area contributed by atoms with Crippen molar-refractivity contribution in [3.8, 4) is 0 Å². The number of thiophene rings is 1. The van der Waals surface area contributed by atoms with E-state index >= 15 is 0 Å². The second-order valence-electron chi connectivity index (χ2n) is 5.81. The summed E-state index contributed by atoms with van der Waals surface area (Å²) < 4.78 is 0. The normalized spacial score (nSPS) is 12.7. The molecule has 21 heavy (non-hydrogen) atoms. The summed E-state index contributed by atoms with van der Waals surface area (Å²) in [7, 11) is 2.08. The molecule has 1 unspecified atom stereocenters. The molecule has 0 saturated carbocycles. The molecule has 114 valence electrons. The Hall–Kier alpha value is -1.39. The minimum Gasteiger partial charge on any atom is -0.392 e. The molecule has 2 aromatic heterocycles. The molecular formula is C17H24N2OS. The number of aliphatic hydroxyl groups is 1. The van der Waals surface area contributed by atoms with Crippen LogP contribution in [0.3, 0.4) is 0 Å². The van der Waals surface area contributed by atoms with Crippen LogP contribution in [-0.4, -0.2) is 23.2 Å². The van der Waals surface area contributed by atoms with E-state index in [2.05, 4.69) is 50.2 Å². The van der Waals surface area contributed by atoms with E-state index in [4.69, 9.17) is 4.98 Å². The Kier molecular flexibility index (Phi) is 5.37. The Labute approximate surface area is 131 Å². The van der Waals surface area contributed by atoms with Crippen molar-refractivity contribution < 1.29 is 5.11 Å². The zero-order valence-corrected chi connectivity index (χ0v) is 14.0. The lowest BCUT2D eigenvalue weighted by molar-refractivity contribution is 0.281. The summed E-state index contributed by atoms with van der Waals surface area (Å²) in [5.74, 6) is 1.30. The lowest BCUT2D eigenvalue weighted by Gasteiger charge is -2.27. The van der Waals surface area contributed by atoms with Crippen LogP contribution in [-0.2, 0) is 13.0 Å². The van der Waals surface area contributed by atoms with Crippen LogP contribution in [0.15, 0.2) is 29.6 Å². The standard InChI is InChI=1S/C17H24N2OS/c1-12(2)16-9-14(11-20)10-17(18-16)19(4)13(3)8-15-6-5-7-21-15/h5-7,9-10,12-13,20H,8,11H2,1-4H3. The molecule has 0 spiro atoms. The van der Waals surface area contributed by atoms with Crippen molar-refractivity contribution in [3.63, 3.8) is 0 Å². The molecule has 0 aliphatic heterocycles. The molecule has 1 N–H and O–H groups in total. The van der Waals surface area contributed by atoms with Gasteiger partial charge in [0.15, 0.2) is 0 Å². The summed E-state index contributed by atoms with van der Waals surface area (Å²) in [5.41, 5.74) is 1.96. The highest BCUT2D eigenvalue weighted by molar-refractivity contribution is 7.09. The van der Waals surface area contributed by atoms with E-state index in [9.17, 15) is 5.11 Å². The van der Waals surface area contributed by atoms with Gasteiger partial charge in [-0.3, -0.25) is 0 Å². The van der Waals surface area contributed by atoms with Gasteiger partial charge in [0.1, 0.15) is 5.82 Å². The molecule has 0 bridgehead atoms. The Bertz CT molecular complexity index is 566. The number of likely N-dealkylation sites (N-methyl/N-ethyl adjacent to an activating group) is 1. The third kappa shape index (κ3) is 4.05. The van der Waals surface area contributed by atoms with Crippen molar-refractivity contribution in [1.82, 2.24) is 4.98 Å². The number of pyridine rings is 1. The van der Waals surface area contributed by atoms with Crippen LogP contribution < -0.4 is 4.90 Å². The number of hydrogen-bond donors (Lipinski definition) is 1. The van der Waals surface area contributed by atoms with E-state index in [1.54, 1.807) is 11.3 Å². The molecule has 1 atom stereocenters. The summed E-state index contributed by atoms with van der Waals surface area (Å²) in [4.78, 5) is 8.33. The molecule has 0 radical (unpaired) electrons. The molecule has 4 heteroatoms. The maximum Gasteiger partial charge on any atom is 0.129 e. The molecular weight excluding hydrogens is 280 g/mol. The van der Waals surface area contributed by atoms with Gasteiger partial charge in [-0.1, -0.05) is 19.9 Å². The Morgan fingerprint density at radius 1 is 1.29 bits per heavy atom. The van der Waals surface area contributed by atoms with Crippen molar-refractivity contribution >= 4 is 17.2 Å². The molecule has 2 aromatic rings. The second-order valence-corrected chi connectivity index (χ2v) is 6.85. The minimum atomic E-state index is 0.0579. The van der Waals surface area contributed by atoms with Crippen molar-refractivity contribution in [2.24, 2.45) is 0 Å². The van der Waals surface area contributed by atoms with Crippen LogP contribution in [0.4, 0.5) is 5.82 Å². The third-order valence-electron chi connectivity index (χ3n) is 3.76. The van der Waals surface area contributed by atoms with Gasteiger partial charge >= 0.3 is 0 Å². The van der Waals surface area contributed by atoms with E-state index in [0.29, 0.717) is 12.0 Å². The van der Waals surface area contributed by atoms with Crippen LogP contribution >= 0.6 is 11.3 Å².